The fourth-order valence-corrected chi connectivity index (χ4v) is 2.84. The van der Waals surface area contributed by atoms with Crippen LogP contribution in [0.2, 0.25) is 0 Å². The SMILES string of the molecule is CC(C)C1CCCCC1NCCC(C)(C)C#N. The highest BCUT2D eigenvalue weighted by atomic mass is 14.9. The molecule has 2 unspecified atom stereocenters. The number of hydrogen-bond acceptors (Lipinski definition) is 2. The van der Waals surface area contributed by atoms with Gasteiger partial charge < -0.3 is 5.32 Å². The van der Waals surface area contributed by atoms with Gasteiger partial charge in [0.15, 0.2) is 0 Å². The topological polar surface area (TPSA) is 35.8 Å². The Morgan fingerprint density at radius 3 is 2.53 bits per heavy atom. The van der Waals surface area contributed by atoms with Crippen LogP contribution in [0.15, 0.2) is 0 Å². The summed E-state index contributed by atoms with van der Waals surface area (Å²) in [6.45, 7) is 9.70. The van der Waals surface area contributed by atoms with E-state index in [1.807, 2.05) is 13.8 Å². The van der Waals surface area contributed by atoms with Crippen molar-refractivity contribution in [3.05, 3.63) is 0 Å². The third-order valence-electron chi connectivity index (χ3n) is 4.13. The lowest BCUT2D eigenvalue weighted by atomic mass is 9.77. The zero-order chi connectivity index (χ0) is 12.9. The molecule has 0 bridgehead atoms. The van der Waals surface area contributed by atoms with Gasteiger partial charge in [0.2, 0.25) is 0 Å². The highest BCUT2D eigenvalue weighted by molar-refractivity contribution is 4.92. The fourth-order valence-electron chi connectivity index (χ4n) is 2.84. The lowest BCUT2D eigenvalue weighted by molar-refractivity contribution is 0.202. The predicted molar refractivity (Wildman–Crippen MR) is 72.6 cm³/mol. The maximum absolute atomic E-state index is 8.99. The van der Waals surface area contributed by atoms with Crippen molar-refractivity contribution in [3.8, 4) is 6.07 Å². The molecule has 0 spiro atoms. The van der Waals surface area contributed by atoms with E-state index < -0.39 is 0 Å². The molecule has 1 aliphatic carbocycles. The zero-order valence-corrected chi connectivity index (χ0v) is 11.9. The third-order valence-corrected chi connectivity index (χ3v) is 4.13. The van der Waals surface area contributed by atoms with Crippen molar-refractivity contribution < 1.29 is 0 Å². The summed E-state index contributed by atoms with van der Waals surface area (Å²) in [6, 6.07) is 3.05. The summed E-state index contributed by atoms with van der Waals surface area (Å²) in [4.78, 5) is 0. The van der Waals surface area contributed by atoms with Crippen LogP contribution in [0, 0.1) is 28.6 Å². The van der Waals surface area contributed by atoms with Crippen molar-refractivity contribution in [2.75, 3.05) is 6.54 Å². The minimum atomic E-state index is -0.186. The molecule has 2 atom stereocenters. The molecule has 0 radical (unpaired) electrons. The fraction of sp³-hybridized carbons (Fsp3) is 0.933. The summed E-state index contributed by atoms with van der Waals surface area (Å²) in [6.07, 6.45) is 6.39. The minimum absolute atomic E-state index is 0.186. The number of nitrogens with zero attached hydrogens (tertiary/aromatic N) is 1. The number of hydrogen-bond donors (Lipinski definition) is 1. The average molecular weight is 236 g/mol. The van der Waals surface area contributed by atoms with Gasteiger partial charge in [0.1, 0.15) is 0 Å². The quantitative estimate of drug-likeness (QED) is 0.789. The van der Waals surface area contributed by atoms with Crippen molar-refractivity contribution in [3.63, 3.8) is 0 Å². The molecule has 1 aliphatic rings. The normalized spacial score (nSPS) is 25.9. The van der Waals surface area contributed by atoms with Crippen LogP contribution in [0.5, 0.6) is 0 Å². The third kappa shape index (κ3) is 4.68. The predicted octanol–water partition coefficient (Wildman–Crippen LogP) is 3.73. The van der Waals surface area contributed by atoms with Crippen molar-refractivity contribution in [2.45, 2.75) is 65.8 Å². The Morgan fingerprint density at radius 2 is 1.94 bits per heavy atom. The molecule has 0 aromatic carbocycles. The second-order valence-electron chi connectivity index (χ2n) is 6.50. The second-order valence-corrected chi connectivity index (χ2v) is 6.50. The van der Waals surface area contributed by atoms with Crippen molar-refractivity contribution in [1.29, 1.82) is 5.26 Å². The van der Waals surface area contributed by atoms with Crippen LogP contribution < -0.4 is 5.32 Å². The molecule has 0 heterocycles. The Balaban J connectivity index is 2.37. The number of nitrogens with one attached hydrogen (secondary N) is 1. The summed E-state index contributed by atoms with van der Waals surface area (Å²) in [5.41, 5.74) is -0.186. The van der Waals surface area contributed by atoms with Crippen LogP contribution in [-0.4, -0.2) is 12.6 Å². The lowest BCUT2D eigenvalue weighted by Gasteiger charge is -2.35. The Kier molecular flexibility index (Phi) is 5.46. The molecule has 0 amide bonds. The molecule has 0 aromatic rings. The molecule has 1 fully saturated rings. The first-order chi connectivity index (χ1) is 7.96. The average Bonchev–Trinajstić information content (AvgIpc) is 2.29. The monoisotopic (exact) mass is 236 g/mol. The maximum Gasteiger partial charge on any atom is 0.0684 e. The van der Waals surface area contributed by atoms with Crippen molar-refractivity contribution in [1.82, 2.24) is 5.32 Å². The van der Waals surface area contributed by atoms with Gasteiger partial charge in [-0.15, -0.1) is 0 Å². The van der Waals surface area contributed by atoms with Crippen LogP contribution in [-0.2, 0) is 0 Å². The van der Waals surface area contributed by atoms with E-state index in [9.17, 15) is 0 Å². The molecular weight excluding hydrogens is 208 g/mol. The van der Waals surface area contributed by atoms with E-state index in [4.69, 9.17) is 5.26 Å². The van der Waals surface area contributed by atoms with Gasteiger partial charge in [0.25, 0.3) is 0 Å². The van der Waals surface area contributed by atoms with Gasteiger partial charge in [-0.3, -0.25) is 0 Å². The van der Waals surface area contributed by atoms with Gasteiger partial charge in [-0.2, -0.15) is 5.26 Å². The van der Waals surface area contributed by atoms with Crippen LogP contribution in [0.1, 0.15) is 59.8 Å². The zero-order valence-electron chi connectivity index (χ0n) is 11.9. The van der Waals surface area contributed by atoms with Crippen LogP contribution in [0.3, 0.4) is 0 Å². The van der Waals surface area contributed by atoms with E-state index >= 15 is 0 Å². The van der Waals surface area contributed by atoms with Gasteiger partial charge in [0.05, 0.1) is 11.5 Å². The summed E-state index contributed by atoms with van der Waals surface area (Å²) in [7, 11) is 0. The van der Waals surface area contributed by atoms with E-state index in [2.05, 4.69) is 25.2 Å². The highest BCUT2D eigenvalue weighted by Crippen LogP contribution is 2.30. The first-order valence-corrected chi connectivity index (χ1v) is 7.11. The van der Waals surface area contributed by atoms with E-state index in [-0.39, 0.29) is 5.41 Å². The molecule has 1 N–H and O–H groups in total. The van der Waals surface area contributed by atoms with Crippen LogP contribution >= 0.6 is 0 Å². The summed E-state index contributed by atoms with van der Waals surface area (Å²) in [5.74, 6) is 1.60. The first-order valence-electron chi connectivity index (χ1n) is 7.11. The molecule has 0 saturated heterocycles. The van der Waals surface area contributed by atoms with E-state index in [0.717, 1.165) is 24.8 Å². The van der Waals surface area contributed by atoms with E-state index in [1.165, 1.54) is 25.7 Å². The Labute approximate surface area is 107 Å². The van der Waals surface area contributed by atoms with Gasteiger partial charge in [-0.1, -0.05) is 26.7 Å². The Hall–Kier alpha value is -0.550. The maximum atomic E-state index is 8.99. The van der Waals surface area contributed by atoms with E-state index in [1.54, 1.807) is 0 Å². The highest BCUT2D eigenvalue weighted by Gasteiger charge is 2.27. The molecule has 1 saturated carbocycles. The largest absolute Gasteiger partial charge is 0.314 e. The molecule has 2 nitrogen and oxygen atoms in total. The summed E-state index contributed by atoms with van der Waals surface area (Å²) in [5, 5.41) is 12.7. The molecule has 2 heteroatoms. The molecule has 1 rings (SSSR count). The minimum Gasteiger partial charge on any atom is -0.314 e. The molecular formula is C15H28N2. The molecule has 98 valence electrons. The van der Waals surface area contributed by atoms with Crippen molar-refractivity contribution >= 4 is 0 Å². The number of rotatable bonds is 5. The standard InChI is InChI=1S/C15H28N2/c1-12(2)13-7-5-6-8-14(13)17-10-9-15(3,4)11-16/h12-14,17H,5-10H2,1-4H3. The summed E-state index contributed by atoms with van der Waals surface area (Å²) >= 11 is 0. The van der Waals surface area contributed by atoms with Crippen LogP contribution in [0.4, 0.5) is 0 Å². The van der Waals surface area contributed by atoms with Gasteiger partial charge in [-0.25, -0.2) is 0 Å². The van der Waals surface area contributed by atoms with Gasteiger partial charge >= 0.3 is 0 Å². The molecule has 0 aromatic heterocycles. The number of nitriles is 1. The molecule has 0 aliphatic heterocycles. The van der Waals surface area contributed by atoms with Gasteiger partial charge in [0, 0.05) is 6.04 Å². The second kappa shape index (κ2) is 6.40. The Bertz CT molecular complexity index is 263. The molecule has 17 heavy (non-hydrogen) atoms. The van der Waals surface area contributed by atoms with Gasteiger partial charge in [-0.05, 0) is 51.5 Å². The Morgan fingerprint density at radius 1 is 1.29 bits per heavy atom. The lowest BCUT2D eigenvalue weighted by Crippen LogP contribution is -2.42. The first kappa shape index (κ1) is 14.5. The summed E-state index contributed by atoms with van der Waals surface area (Å²) < 4.78 is 0. The van der Waals surface area contributed by atoms with Crippen molar-refractivity contribution in [2.24, 2.45) is 17.3 Å². The van der Waals surface area contributed by atoms with Crippen LogP contribution in [0.25, 0.3) is 0 Å². The smallest absolute Gasteiger partial charge is 0.0684 e. The van der Waals surface area contributed by atoms with E-state index in [0.29, 0.717) is 6.04 Å².